The molecule has 0 saturated heterocycles. The lowest BCUT2D eigenvalue weighted by Gasteiger charge is -2.30. The molecule has 0 saturated carbocycles. The van der Waals surface area contributed by atoms with Gasteiger partial charge in [-0.2, -0.15) is 0 Å². The third kappa shape index (κ3) is 17.5. The largest absolute Gasteiger partial charge is 0.456 e. The van der Waals surface area contributed by atoms with Crippen molar-refractivity contribution in [2.45, 2.75) is 176 Å². The highest BCUT2D eigenvalue weighted by atomic mass is 16.6. The van der Waals surface area contributed by atoms with Crippen LogP contribution >= 0.6 is 0 Å². The van der Waals surface area contributed by atoms with Crippen LogP contribution in [0.15, 0.2) is 0 Å². The molecule has 36 heavy (non-hydrogen) atoms. The van der Waals surface area contributed by atoms with E-state index in [1.807, 2.05) is 0 Å². The molecular weight excluding hydrogens is 448 g/mol. The van der Waals surface area contributed by atoms with Gasteiger partial charge in [-0.15, -0.1) is 0 Å². The van der Waals surface area contributed by atoms with Crippen molar-refractivity contribution in [2.24, 2.45) is 5.41 Å². The topological polar surface area (TPSA) is 52.6 Å². The molecular formula is C32H62O4. The lowest BCUT2D eigenvalue weighted by molar-refractivity contribution is -0.160. The highest BCUT2D eigenvalue weighted by molar-refractivity contribution is 5.87. The third-order valence-corrected chi connectivity index (χ3v) is 7.86. The number of ketones is 1. The average molecular weight is 511 g/mol. The minimum atomic E-state index is -0.406. The molecule has 0 atom stereocenters. The van der Waals surface area contributed by atoms with E-state index in [1.165, 1.54) is 64.2 Å². The van der Waals surface area contributed by atoms with Crippen molar-refractivity contribution >= 4 is 11.8 Å². The van der Waals surface area contributed by atoms with Gasteiger partial charge in [0.2, 0.25) is 0 Å². The molecule has 0 rings (SSSR count). The summed E-state index contributed by atoms with van der Waals surface area (Å²) >= 11 is 0. The molecule has 0 aliphatic heterocycles. The highest BCUT2D eigenvalue weighted by Gasteiger charge is 2.33. The Labute approximate surface area is 225 Å². The van der Waals surface area contributed by atoms with Crippen LogP contribution in [0.3, 0.4) is 0 Å². The fourth-order valence-corrected chi connectivity index (χ4v) is 5.00. The maximum atomic E-state index is 13.2. The van der Waals surface area contributed by atoms with Gasteiger partial charge in [0.25, 0.3) is 0 Å². The lowest BCUT2D eigenvalue weighted by atomic mass is 9.76. The summed E-state index contributed by atoms with van der Waals surface area (Å²) in [5.74, 6) is -0.332. The first-order valence-corrected chi connectivity index (χ1v) is 15.6. The third-order valence-electron chi connectivity index (χ3n) is 7.86. The minimum absolute atomic E-state index is 0.0605. The number of rotatable bonds is 26. The standard InChI is InChI=1S/C32H62O4/c1-7-11-15-19-23-31(5,24-20-16-12-8-2)29(33)27-35-30(34)28-36-32(6,25-21-17-13-9-3)26-22-18-14-10-4/h7-28H2,1-6H3. The van der Waals surface area contributed by atoms with Crippen LogP contribution in [-0.2, 0) is 19.1 Å². The van der Waals surface area contributed by atoms with Crippen LogP contribution in [0.25, 0.3) is 0 Å². The average Bonchev–Trinajstić information content (AvgIpc) is 2.87. The molecule has 0 aliphatic carbocycles. The van der Waals surface area contributed by atoms with Crippen molar-refractivity contribution in [1.82, 2.24) is 0 Å². The van der Waals surface area contributed by atoms with E-state index in [0.29, 0.717) is 0 Å². The SMILES string of the molecule is CCCCCCC(C)(CCCCCC)OCC(=O)OCC(=O)C(C)(CCCCCC)CCCCCC. The van der Waals surface area contributed by atoms with Crippen molar-refractivity contribution in [1.29, 1.82) is 0 Å². The first-order valence-electron chi connectivity index (χ1n) is 15.6. The van der Waals surface area contributed by atoms with E-state index in [2.05, 4.69) is 41.5 Å². The van der Waals surface area contributed by atoms with E-state index >= 15 is 0 Å². The van der Waals surface area contributed by atoms with E-state index in [1.54, 1.807) is 0 Å². The van der Waals surface area contributed by atoms with E-state index in [4.69, 9.17) is 9.47 Å². The quantitative estimate of drug-likeness (QED) is 0.0858. The number of Topliss-reactive ketones (excluding diaryl/α,β-unsaturated/α-hetero) is 1. The van der Waals surface area contributed by atoms with E-state index in [0.717, 1.165) is 64.2 Å². The molecule has 214 valence electrons. The van der Waals surface area contributed by atoms with Gasteiger partial charge in [0, 0.05) is 5.41 Å². The molecule has 0 spiro atoms. The van der Waals surface area contributed by atoms with Gasteiger partial charge >= 0.3 is 5.97 Å². The van der Waals surface area contributed by atoms with E-state index < -0.39 is 11.4 Å². The Morgan fingerprint density at radius 1 is 0.528 bits per heavy atom. The second kappa shape index (κ2) is 22.1. The molecule has 4 heteroatoms. The van der Waals surface area contributed by atoms with Crippen molar-refractivity contribution in [3.63, 3.8) is 0 Å². The summed E-state index contributed by atoms with van der Waals surface area (Å²) in [6, 6.07) is 0. The van der Waals surface area contributed by atoms with Gasteiger partial charge in [-0.25, -0.2) is 4.79 Å². The van der Waals surface area contributed by atoms with Crippen molar-refractivity contribution in [3.8, 4) is 0 Å². The second-order valence-corrected chi connectivity index (χ2v) is 11.6. The molecule has 0 aromatic carbocycles. The van der Waals surface area contributed by atoms with Crippen molar-refractivity contribution in [3.05, 3.63) is 0 Å². The normalized spacial score (nSPS) is 12.2. The Bertz CT molecular complexity index is 518. The first kappa shape index (κ1) is 35.1. The number of carbonyl (C=O) groups is 2. The predicted molar refractivity (Wildman–Crippen MR) is 153 cm³/mol. The molecule has 0 aromatic rings. The van der Waals surface area contributed by atoms with Crippen LogP contribution in [0.4, 0.5) is 0 Å². The predicted octanol–water partition coefficient (Wildman–Crippen LogP) is 9.76. The van der Waals surface area contributed by atoms with Crippen LogP contribution in [0, 0.1) is 5.41 Å². The Hall–Kier alpha value is -0.900. The smallest absolute Gasteiger partial charge is 0.332 e. The Morgan fingerprint density at radius 3 is 1.31 bits per heavy atom. The molecule has 0 aromatic heterocycles. The molecule has 0 heterocycles. The summed E-state index contributed by atoms with van der Waals surface area (Å²) in [7, 11) is 0. The van der Waals surface area contributed by atoms with Crippen LogP contribution in [-0.4, -0.2) is 30.6 Å². The van der Waals surface area contributed by atoms with E-state index in [-0.39, 0.29) is 24.6 Å². The van der Waals surface area contributed by atoms with Crippen LogP contribution in [0.1, 0.15) is 170 Å². The minimum Gasteiger partial charge on any atom is -0.456 e. The van der Waals surface area contributed by atoms with Gasteiger partial charge in [0.15, 0.2) is 12.4 Å². The van der Waals surface area contributed by atoms with Gasteiger partial charge < -0.3 is 9.47 Å². The van der Waals surface area contributed by atoms with Gasteiger partial charge in [-0.1, -0.05) is 137 Å². The zero-order valence-electron chi connectivity index (χ0n) is 25.2. The molecule has 0 amide bonds. The van der Waals surface area contributed by atoms with Crippen LogP contribution < -0.4 is 0 Å². The van der Waals surface area contributed by atoms with Gasteiger partial charge in [0.05, 0.1) is 5.60 Å². The summed E-state index contributed by atoms with van der Waals surface area (Å²) in [6.07, 6.45) is 22.5. The number of unbranched alkanes of at least 4 members (excludes halogenated alkanes) is 12. The maximum Gasteiger partial charge on any atom is 0.332 e. The summed E-state index contributed by atoms with van der Waals surface area (Å²) < 4.78 is 11.6. The fourth-order valence-electron chi connectivity index (χ4n) is 5.00. The van der Waals surface area contributed by atoms with Crippen LogP contribution in [0.5, 0.6) is 0 Å². The molecule has 0 fully saturated rings. The number of esters is 1. The molecule has 0 radical (unpaired) electrons. The molecule has 0 bridgehead atoms. The number of hydrogen-bond donors (Lipinski definition) is 0. The zero-order valence-corrected chi connectivity index (χ0v) is 25.2. The van der Waals surface area contributed by atoms with Crippen molar-refractivity contribution < 1.29 is 19.1 Å². The first-order chi connectivity index (χ1) is 17.3. The van der Waals surface area contributed by atoms with Gasteiger partial charge in [-0.05, 0) is 32.6 Å². The number of ether oxygens (including phenoxy) is 2. The Balaban J connectivity index is 4.80. The monoisotopic (exact) mass is 510 g/mol. The second-order valence-electron chi connectivity index (χ2n) is 11.6. The summed E-state index contributed by atoms with van der Waals surface area (Å²) in [5, 5.41) is 0. The molecule has 0 N–H and O–H groups in total. The Kier molecular flexibility index (Phi) is 21.6. The Morgan fingerprint density at radius 2 is 0.917 bits per heavy atom. The maximum absolute atomic E-state index is 13.2. The van der Waals surface area contributed by atoms with Gasteiger partial charge in [-0.3, -0.25) is 4.79 Å². The van der Waals surface area contributed by atoms with E-state index in [9.17, 15) is 9.59 Å². The van der Waals surface area contributed by atoms with Crippen molar-refractivity contribution in [2.75, 3.05) is 13.2 Å². The zero-order chi connectivity index (χ0) is 27.1. The number of carbonyl (C=O) groups excluding carboxylic acids is 2. The summed E-state index contributed by atoms with van der Waals surface area (Å²) in [6.45, 7) is 12.9. The summed E-state index contributed by atoms with van der Waals surface area (Å²) in [5.41, 5.74) is -0.687. The molecule has 4 nitrogen and oxygen atoms in total. The number of hydrogen-bond acceptors (Lipinski definition) is 4. The highest BCUT2D eigenvalue weighted by Crippen LogP contribution is 2.33. The van der Waals surface area contributed by atoms with Gasteiger partial charge in [0.1, 0.15) is 6.61 Å². The lowest BCUT2D eigenvalue weighted by Crippen LogP contribution is -2.35. The fraction of sp³-hybridized carbons (Fsp3) is 0.938. The summed E-state index contributed by atoms with van der Waals surface area (Å²) in [4.78, 5) is 25.8. The molecule has 0 unspecified atom stereocenters. The molecule has 0 aliphatic rings. The van der Waals surface area contributed by atoms with Crippen LogP contribution in [0.2, 0.25) is 0 Å².